The molecule has 2 aromatic heterocycles. The number of aryl methyl sites for hydroxylation is 2. The number of ether oxygens (including phenoxy) is 1. The number of piperidine rings is 1. The molecule has 2 aromatic rings. The maximum absolute atomic E-state index is 13.3. The number of rotatable bonds is 4. The molecule has 3 heterocycles. The van der Waals surface area contributed by atoms with Crippen LogP contribution in [-0.4, -0.2) is 45.9 Å². The summed E-state index contributed by atoms with van der Waals surface area (Å²) < 4.78 is 7.92. The fourth-order valence-electron chi connectivity index (χ4n) is 3.55. The van der Waals surface area contributed by atoms with Crippen LogP contribution in [0.1, 0.15) is 48.4 Å². The van der Waals surface area contributed by atoms with Gasteiger partial charge < -0.3 is 9.64 Å². The van der Waals surface area contributed by atoms with Crippen LogP contribution < -0.4 is 0 Å². The topological polar surface area (TPSA) is 63.9 Å². The molecule has 0 N–H and O–H groups in total. The third-order valence-electron chi connectivity index (χ3n) is 4.81. The SMILES string of the molecule is CCOC(=O)C1CCCN(C(=O)c2c(CC)nc3c(C)cc(Br)cn23)C1. The number of fused-ring (bicyclic) bond motifs is 1. The van der Waals surface area contributed by atoms with E-state index in [1.165, 1.54) is 0 Å². The molecule has 0 aliphatic carbocycles. The Labute approximate surface area is 161 Å². The van der Waals surface area contributed by atoms with Crippen molar-refractivity contribution in [3.8, 4) is 0 Å². The van der Waals surface area contributed by atoms with Crippen LogP contribution in [0, 0.1) is 12.8 Å². The number of pyridine rings is 1. The van der Waals surface area contributed by atoms with Crippen molar-refractivity contribution in [2.24, 2.45) is 5.92 Å². The lowest BCUT2D eigenvalue weighted by molar-refractivity contribution is -0.149. The highest BCUT2D eigenvalue weighted by atomic mass is 79.9. The van der Waals surface area contributed by atoms with E-state index >= 15 is 0 Å². The van der Waals surface area contributed by atoms with E-state index in [1.807, 2.05) is 30.5 Å². The molecule has 1 aliphatic heterocycles. The zero-order valence-corrected chi connectivity index (χ0v) is 17.0. The molecule has 1 aliphatic rings. The highest BCUT2D eigenvalue weighted by Crippen LogP contribution is 2.25. The van der Waals surface area contributed by atoms with Gasteiger partial charge in [0.05, 0.1) is 18.2 Å². The number of halogens is 1. The minimum absolute atomic E-state index is 0.0687. The number of likely N-dealkylation sites (tertiary alicyclic amines) is 1. The standard InChI is InChI=1S/C19H24BrN3O3/c1-4-15-16(23-11-14(20)9-12(3)17(23)21-15)18(24)22-8-6-7-13(10-22)19(25)26-5-2/h9,11,13H,4-8,10H2,1-3H3. The average molecular weight is 422 g/mol. The molecule has 0 saturated carbocycles. The van der Waals surface area contributed by atoms with Crippen molar-refractivity contribution < 1.29 is 14.3 Å². The van der Waals surface area contributed by atoms with Crippen LogP contribution in [0.5, 0.6) is 0 Å². The first-order chi connectivity index (χ1) is 12.5. The Morgan fingerprint density at radius 1 is 1.38 bits per heavy atom. The molecule has 1 unspecified atom stereocenters. The van der Waals surface area contributed by atoms with Gasteiger partial charge in [0.25, 0.3) is 5.91 Å². The summed E-state index contributed by atoms with van der Waals surface area (Å²) in [5.41, 5.74) is 3.19. The van der Waals surface area contributed by atoms with Crippen molar-refractivity contribution in [1.29, 1.82) is 0 Å². The zero-order valence-electron chi connectivity index (χ0n) is 15.4. The summed E-state index contributed by atoms with van der Waals surface area (Å²) in [5, 5.41) is 0. The second kappa shape index (κ2) is 7.78. The van der Waals surface area contributed by atoms with Gasteiger partial charge in [-0.3, -0.25) is 14.0 Å². The summed E-state index contributed by atoms with van der Waals surface area (Å²) in [5.74, 6) is -0.524. The second-order valence-electron chi connectivity index (χ2n) is 6.64. The highest BCUT2D eigenvalue weighted by Gasteiger charge is 2.32. The zero-order chi connectivity index (χ0) is 18.8. The quantitative estimate of drug-likeness (QED) is 0.709. The lowest BCUT2D eigenvalue weighted by Gasteiger charge is -2.31. The van der Waals surface area contributed by atoms with E-state index < -0.39 is 0 Å². The molecule has 6 nitrogen and oxygen atoms in total. The lowest BCUT2D eigenvalue weighted by atomic mass is 9.98. The highest BCUT2D eigenvalue weighted by molar-refractivity contribution is 9.10. The molecule has 0 radical (unpaired) electrons. The van der Waals surface area contributed by atoms with Gasteiger partial charge in [0.2, 0.25) is 0 Å². The van der Waals surface area contributed by atoms with E-state index in [9.17, 15) is 9.59 Å². The normalized spacial score (nSPS) is 17.5. The Balaban J connectivity index is 1.95. The third-order valence-corrected chi connectivity index (χ3v) is 5.24. The molecule has 140 valence electrons. The number of imidazole rings is 1. The number of carbonyl (C=O) groups excluding carboxylic acids is 2. The number of hydrogen-bond acceptors (Lipinski definition) is 4. The van der Waals surface area contributed by atoms with E-state index in [4.69, 9.17) is 4.74 Å². The van der Waals surface area contributed by atoms with Gasteiger partial charge in [-0.25, -0.2) is 4.98 Å². The molecule has 1 fully saturated rings. The van der Waals surface area contributed by atoms with Gasteiger partial charge in [0.15, 0.2) is 0 Å². The van der Waals surface area contributed by atoms with E-state index in [0.29, 0.717) is 31.8 Å². The van der Waals surface area contributed by atoms with Crippen molar-refractivity contribution >= 4 is 33.5 Å². The Hall–Kier alpha value is -1.89. The summed E-state index contributed by atoms with van der Waals surface area (Å²) >= 11 is 3.50. The van der Waals surface area contributed by atoms with Crippen molar-refractivity contribution in [3.05, 3.63) is 33.7 Å². The maximum atomic E-state index is 13.3. The van der Waals surface area contributed by atoms with Gasteiger partial charge in [0, 0.05) is 23.8 Å². The summed E-state index contributed by atoms with van der Waals surface area (Å²) in [7, 11) is 0. The number of aromatic nitrogens is 2. The van der Waals surface area contributed by atoms with Crippen molar-refractivity contribution in [1.82, 2.24) is 14.3 Å². The largest absolute Gasteiger partial charge is 0.466 e. The lowest BCUT2D eigenvalue weighted by Crippen LogP contribution is -2.43. The number of esters is 1. The minimum Gasteiger partial charge on any atom is -0.466 e. The fourth-order valence-corrected chi connectivity index (χ4v) is 4.10. The molecule has 0 spiro atoms. The smallest absolute Gasteiger partial charge is 0.310 e. The third kappa shape index (κ3) is 3.49. The first-order valence-electron chi connectivity index (χ1n) is 9.09. The van der Waals surface area contributed by atoms with Gasteiger partial charge in [-0.15, -0.1) is 0 Å². The second-order valence-corrected chi connectivity index (χ2v) is 7.55. The summed E-state index contributed by atoms with van der Waals surface area (Å²) in [6.07, 6.45) is 4.13. The fraction of sp³-hybridized carbons (Fsp3) is 0.526. The molecule has 0 bridgehead atoms. The molecule has 7 heteroatoms. The number of nitrogens with zero attached hydrogens (tertiary/aromatic N) is 3. The summed E-state index contributed by atoms with van der Waals surface area (Å²) in [6.45, 7) is 7.21. The summed E-state index contributed by atoms with van der Waals surface area (Å²) in [4.78, 5) is 31.8. The van der Waals surface area contributed by atoms with Crippen LogP contribution >= 0.6 is 15.9 Å². The van der Waals surface area contributed by atoms with Crippen molar-refractivity contribution in [3.63, 3.8) is 0 Å². The number of carbonyl (C=O) groups is 2. The maximum Gasteiger partial charge on any atom is 0.310 e. The average Bonchev–Trinajstić information content (AvgIpc) is 3.00. The Kier molecular flexibility index (Phi) is 5.65. The van der Waals surface area contributed by atoms with E-state index in [0.717, 1.165) is 34.2 Å². The monoisotopic (exact) mass is 421 g/mol. The first kappa shape index (κ1) is 18.9. The number of hydrogen-bond donors (Lipinski definition) is 0. The molecule has 1 atom stereocenters. The predicted molar refractivity (Wildman–Crippen MR) is 102 cm³/mol. The van der Waals surface area contributed by atoms with Crippen LogP contribution in [0.15, 0.2) is 16.7 Å². The Morgan fingerprint density at radius 3 is 2.85 bits per heavy atom. The van der Waals surface area contributed by atoms with E-state index in [2.05, 4.69) is 20.9 Å². The number of amides is 1. The van der Waals surface area contributed by atoms with Gasteiger partial charge in [-0.2, -0.15) is 0 Å². The van der Waals surface area contributed by atoms with Crippen LogP contribution in [0.25, 0.3) is 5.65 Å². The van der Waals surface area contributed by atoms with Crippen LogP contribution in [0.4, 0.5) is 0 Å². The molecular weight excluding hydrogens is 398 g/mol. The first-order valence-corrected chi connectivity index (χ1v) is 9.88. The molecule has 1 saturated heterocycles. The van der Waals surface area contributed by atoms with Crippen molar-refractivity contribution in [2.75, 3.05) is 19.7 Å². The van der Waals surface area contributed by atoms with Crippen LogP contribution in [0.2, 0.25) is 0 Å². The van der Waals surface area contributed by atoms with E-state index in [1.54, 1.807) is 11.8 Å². The molecule has 1 amide bonds. The molecular formula is C19H24BrN3O3. The van der Waals surface area contributed by atoms with Gasteiger partial charge in [-0.05, 0) is 60.7 Å². The molecule has 3 rings (SSSR count). The Bertz CT molecular complexity index is 846. The molecule has 0 aromatic carbocycles. The predicted octanol–water partition coefficient (Wildman–Crippen LogP) is 3.38. The van der Waals surface area contributed by atoms with Crippen molar-refractivity contribution in [2.45, 2.75) is 40.0 Å². The van der Waals surface area contributed by atoms with Gasteiger partial charge >= 0.3 is 5.97 Å². The minimum atomic E-state index is -0.245. The van der Waals surface area contributed by atoms with Crippen LogP contribution in [-0.2, 0) is 16.0 Å². The Morgan fingerprint density at radius 2 is 2.15 bits per heavy atom. The van der Waals surface area contributed by atoms with Gasteiger partial charge in [-0.1, -0.05) is 6.92 Å². The molecule has 26 heavy (non-hydrogen) atoms. The van der Waals surface area contributed by atoms with Gasteiger partial charge in [0.1, 0.15) is 11.3 Å². The van der Waals surface area contributed by atoms with E-state index in [-0.39, 0.29) is 17.8 Å². The van der Waals surface area contributed by atoms with Crippen LogP contribution in [0.3, 0.4) is 0 Å². The summed E-state index contributed by atoms with van der Waals surface area (Å²) in [6, 6.07) is 1.99.